The fourth-order valence-electron chi connectivity index (χ4n) is 1.76. The number of nitrogens with one attached hydrogen (secondary N) is 2. The van der Waals surface area contributed by atoms with Crippen LogP contribution in [0.5, 0.6) is 0 Å². The van der Waals surface area contributed by atoms with E-state index in [0.29, 0.717) is 12.1 Å². The zero-order valence-corrected chi connectivity index (χ0v) is 9.38. The van der Waals surface area contributed by atoms with E-state index in [4.69, 9.17) is 0 Å². The van der Waals surface area contributed by atoms with E-state index in [2.05, 4.69) is 21.3 Å². The predicted molar refractivity (Wildman–Crippen MR) is 49.8 cm³/mol. The minimum atomic E-state index is 0. The van der Waals surface area contributed by atoms with Gasteiger partial charge in [0, 0.05) is 0 Å². The molecule has 0 saturated carbocycles. The van der Waals surface area contributed by atoms with E-state index in [9.17, 15) is 0 Å². The largest absolute Gasteiger partial charge is 2.00 e. The predicted octanol–water partition coefficient (Wildman–Crippen LogP) is -0.325. The summed E-state index contributed by atoms with van der Waals surface area (Å²) in [5.74, 6) is 0. The smallest absolute Gasteiger partial charge is 0.659 e. The summed E-state index contributed by atoms with van der Waals surface area (Å²) in [4.78, 5) is 0. The van der Waals surface area contributed by atoms with Gasteiger partial charge >= 0.3 is 19.5 Å². The molecule has 2 fully saturated rings. The first-order valence-electron chi connectivity index (χ1n) is 4.71. The zero-order valence-electron chi connectivity index (χ0n) is 7.65. The minimum absolute atomic E-state index is 0. The molecular formula is C8H16N4Ru. The van der Waals surface area contributed by atoms with Crippen LogP contribution in [-0.4, -0.2) is 51.4 Å². The summed E-state index contributed by atoms with van der Waals surface area (Å²) in [6.07, 6.45) is 0. The molecule has 0 aromatic rings. The van der Waals surface area contributed by atoms with Gasteiger partial charge in [-0.1, -0.05) is 0 Å². The molecule has 76 valence electrons. The third-order valence-corrected chi connectivity index (χ3v) is 2.46. The molecule has 2 aliphatic heterocycles. The Kier molecular flexibility index (Phi) is 5.36. The van der Waals surface area contributed by atoms with E-state index in [1.807, 2.05) is 0 Å². The van der Waals surface area contributed by atoms with Crippen molar-refractivity contribution in [3.05, 3.63) is 10.6 Å². The number of nitrogens with zero attached hydrogens (tertiary/aromatic N) is 2. The molecule has 2 N–H and O–H groups in total. The maximum atomic E-state index is 4.56. The standard InChI is InChI=1S/C8H16N4.Ru/c1-3-11-7(5-9-1)8-6-10-2-4-12-8;/h7-10H,1-6H2;/q-2;+2. The summed E-state index contributed by atoms with van der Waals surface area (Å²) in [5.41, 5.74) is 0. The van der Waals surface area contributed by atoms with Gasteiger partial charge in [-0.15, -0.1) is 25.2 Å². The fourth-order valence-corrected chi connectivity index (χ4v) is 1.76. The van der Waals surface area contributed by atoms with Crippen LogP contribution in [0.4, 0.5) is 0 Å². The molecule has 0 bridgehead atoms. The molecule has 5 heteroatoms. The normalized spacial score (nSPS) is 35.1. The van der Waals surface area contributed by atoms with Crippen LogP contribution in [0.15, 0.2) is 0 Å². The first-order chi connectivity index (χ1) is 5.97. The molecule has 2 heterocycles. The quantitative estimate of drug-likeness (QED) is 0.641. The van der Waals surface area contributed by atoms with E-state index < -0.39 is 0 Å². The number of hydrogen-bond acceptors (Lipinski definition) is 2. The summed E-state index contributed by atoms with van der Waals surface area (Å²) in [7, 11) is 0. The number of piperazine rings is 2. The summed E-state index contributed by atoms with van der Waals surface area (Å²) in [5, 5.41) is 15.8. The maximum Gasteiger partial charge on any atom is 2.00 e. The van der Waals surface area contributed by atoms with Crippen LogP contribution in [0.3, 0.4) is 0 Å². The van der Waals surface area contributed by atoms with Crippen LogP contribution in [0.1, 0.15) is 0 Å². The molecule has 0 amide bonds. The molecule has 2 aliphatic rings. The summed E-state index contributed by atoms with van der Waals surface area (Å²) >= 11 is 0. The van der Waals surface area contributed by atoms with E-state index in [0.717, 1.165) is 39.3 Å². The Morgan fingerprint density at radius 3 is 1.62 bits per heavy atom. The SMILES string of the molecule is C1CNCC(C2CNCC[N-]2)[N-]1.[Ru+2]. The van der Waals surface area contributed by atoms with Crippen LogP contribution in [0.2, 0.25) is 0 Å². The fraction of sp³-hybridized carbons (Fsp3) is 1.00. The van der Waals surface area contributed by atoms with Crippen LogP contribution in [0.25, 0.3) is 10.6 Å². The first-order valence-corrected chi connectivity index (χ1v) is 4.71. The van der Waals surface area contributed by atoms with Crippen molar-refractivity contribution in [2.24, 2.45) is 0 Å². The topological polar surface area (TPSA) is 52.3 Å². The summed E-state index contributed by atoms with van der Waals surface area (Å²) in [6.45, 7) is 6.01. The third kappa shape index (κ3) is 3.26. The third-order valence-electron chi connectivity index (χ3n) is 2.46. The van der Waals surface area contributed by atoms with Crippen molar-refractivity contribution in [2.45, 2.75) is 12.1 Å². The second kappa shape index (κ2) is 6.04. The van der Waals surface area contributed by atoms with E-state index in [1.165, 1.54) is 0 Å². The van der Waals surface area contributed by atoms with Crippen molar-refractivity contribution >= 4 is 0 Å². The van der Waals surface area contributed by atoms with Crippen LogP contribution in [-0.2, 0) is 19.5 Å². The van der Waals surface area contributed by atoms with Gasteiger partial charge in [-0.3, -0.25) is 0 Å². The van der Waals surface area contributed by atoms with Gasteiger partial charge in [0.1, 0.15) is 0 Å². The van der Waals surface area contributed by atoms with Crippen molar-refractivity contribution in [1.82, 2.24) is 10.6 Å². The van der Waals surface area contributed by atoms with Gasteiger partial charge in [0.2, 0.25) is 0 Å². The molecule has 2 saturated heterocycles. The molecule has 2 atom stereocenters. The van der Waals surface area contributed by atoms with Crippen molar-refractivity contribution < 1.29 is 19.5 Å². The van der Waals surface area contributed by atoms with Gasteiger partial charge in [-0.25, -0.2) is 0 Å². The average Bonchev–Trinajstić information content (AvgIpc) is 2.21. The van der Waals surface area contributed by atoms with Crippen molar-refractivity contribution in [1.29, 1.82) is 0 Å². The second-order valence-electron chi connectivity index (χ2n) is 3.36. The van der Waals surface area contributed by atoms with Gasteiger partial charge in [-0.05, 0) is 26.2 Å². The van der Waals surface area contributed by atoms with E-state index in [1.54, 1.807) is 0 Å². The maximum absolute atomic E-state index is 4.56. The Hall–Kier alpha value is 0.463. The molecule has 2 rings (SSSR count). The molecule has 0 aliphatic carbocycles. The molecule has 0 aromatic carbocycles. The van der Waals surface area contributed by atoms with E-state index in [-0.39, 0.29) is 19.5 Å². The minimum Gasteiger partial charge on any atom is -0.659 e. The number of rotatable bonds is 1. The molecule has 0 radical (unpaired) electrons. The Morgan fingerprint density at radius 2 is 1.31 bits per heavy atom. The summed E-state index contributed by atoms with van der Waals surface area (Å²) in [6, 6.07) is 0.845. The van der Waals surface area contributed by atoms with Crippen LogP contribution in [0, 0.1) is 0 Å². The van der Waals surface area contributed by atoms with Crippen LogP contribution < -0.4 is 10.6 Å². The molecule has 13 heavy (non-hydrogen) atoms. The monoisotopic (exact) mass is 270 g/mol. The Balaban J connectivity index is 0.000000845. The molecule has 0 aromatic heterocycles. The Bertz CT molecular complexity index is 116. The summed E-state index contributed by atoms with van der Waals surface area (Å²) < 4.78 is 0. The van der Waals surface area contributed by atoms with Gasteiger partial charge < -0.3 is 21.3 Å². The molecule has 4 nitrogen and oxygen atoms in total. The van der Waals surface area contributed by atoms with Crippen LogP contribution >= 0.6 is 0 Å². The van der Waals surface area contributed by atoms with Crippen molar-refractivity contribution in [2.75, 3.05) is 39.3 Å². The number of hydrogen-bond donors (Lipinski definition) is 2. The Morgan fingerprint density at radius 1 is 0.846 bits per heavy atom. The first kappa shape index (κ1) is 11.5. The Labute approximate surface area is 92.4 Å². The molecular weight excluding hydrogens is 253 g/mol. The molecule has 0 spiro atoms. The van der Waals surface area contributed by atoms with Crippen molar-refractivity contribution in [3.8, 4) is 0 Å². The zero-order chi connectivity index (χ0) is 8.23. The second-order valence-corrected chi connectivity index (χ2v) is 3.36. The van der Waals surface area contributed by atoms with Gasteiger partial charge in [0.05, 0.1) is 0 Å². The molecule has 2 unspecified atom stereocenters. The van der Waals surface area contributed by atoms with Crippen molar-refractivity contribution in [3.63, 3.8) is 0 Å². The average molecular weight is 269 g/mol. The van der Waals surface area contributed by atoms with Gasteiger partial charge in [-0.2, -0.15) is 0 Å². The van der Waals surface area contributed by atoms with Gasteiger partial charge in [0.15, 0.2) is 0 Å². The van der Waals surface area contributed by atoms with Gasteiger partial charge in [0.25, 0.3) is 0 Å². The van der Waals surface area contributed by atoms with E-state index >= 15 is 0 Å².